The van der Waals surface area contributed by atoms with Gasteiger partial charge in [0.1, 0.15) is 11.4 Å². The highest BCUT2D eigenvalue weighted by atomic mass is 31.2. The van der Waals surface area contributed by atoms with E-state index in [2.05, 4.69) is 0 Å². The molecule has 0 saturated carbocycles. The summed E-state index contributed by atoms with van der Waals surface area (Å²) in [7, 11) is -2.42. The van der Waals surface area contributed by atoms with Gasteiger partial charge in [-0.3, -0.25) is 9.59 Å². The van der Waals surface area contributed by atoms with E-state index >= 15 is 0 Å². The smallest absolute Gasteiger partial charge is 0.308 e. The van der Waals surface area contributed by atoms with Crippen LogP contribution in [0.1, 0.15) is 33.6 Å². The minimum atomic E-state index is -2.42. The van der Waals surface area contributed by atoms with Crippen molar-refractivity contribution in [2.75, 3.05) is 19.5 Å². The molecule has 1 N–H and O–H groups in total. The highest BCUT2D eigenvalue weighted by Gasteiger charge is 2.22. The zero-order chi connectivity index (χ0) is 14.6. The highest BCUT2D eigenvalue weighted by Crippen LogP contribution is 2.35. The van der Waals surface area contributed by atoms with E-state index < -0.39 is 24.8 Å². The maximum Gasteiger partial charge on any atom is 0.308 e. The zero-order valence-electron chi connectivity index (χ0n) is 11.7. The molecule has 6 heteroatoms. The van der Waals surface area contributed by atoms with E-state index in [0.717, 1.165) is 0 Å². The molecule has 0 rings (SSSR count). The van der Waals surface area contributed by atoms with Gasteiger partial charge in [-0.15, -0.1) is 0 Å². The first kappa shape index (κ1) is 17.3. The summed E-state index contributed by atoms with van der Waals surface area (Å²) < 4.78 is 16.4. The number of rotatable bonds is 6. The van der Waals surface area contributed by atoms with E-state index in [4.69, 9.17) is 4.74 Å². The summed E-state index contributed by atoms with van der Waals surface area (Å²) in [5.74, 6) is -0.835. The van der Waals surface area contributed by atoms with E-state index in [1.807, 2.05) is 0 Å². The number of aliphatic hydroxyl groups excluding tert-OH is 1. The van der Waals surface area contributed by atoms with E-state index in [9.17, 15) is 19.3 Å². The molecule has 0 fully saturated rings. The third-order valence-electron chi connectivity index (χ3n) is 1.84. The monoisotopic (exact) mass is 278 g/mol. The van der Waals surface area contributed by atoms with Gasteiger partial charge in [0, 0.05) is 6.42 Å². The summed E-state index contributed by atoms with van der Waals surface area (Å²) in [6, 6.07) is 0. The standard InChI is InChI=1S/C12H23O5P/c1-12(2,3)17-11(15)7-9(13)6-10(14)8-18(4,5)16/h9,13H,6-8H2,1-5H3/t9-/m1/s1. The first-order chi connectivity index (χ1) is 7.89. The first-order valence-corrected chi connectivity index (χ1v) is 8.63. The van der Waals surface area contributed by atoms with Crippen LogP contribution in [0.5, 0.6) is 0 Å². The predicted molar refractivity (Wildman–Crippen MR) is 70.4 cm³/mol. The van der Waals surface area contributed by atoms with Crippen LogP contribution in [0, 0.1) is 0 Å². The first-order valence-electron chi connectivity index (χ1n) is 5.85. The second kappa shape index (κ2) is 6.48. The zero-order valence-corrected chi connectivity index (χ0v) is 12.6. The number of carbonyl (C=O) groups excluding carboxylic acids is 2. The van der Waals surface area contributed by atoms with Gasteiger partial charge in [-0.25, -0.2) is 0 Å². The Bertz CT molecular complexity index is 350. The molecule has 18 heavy (non-hydrogen) atoms. The summed E-state index contributed by atoms with van der Waals surface area (Å²) >= 11 is 0. The molecule has 0 aromatic carbocycles. The Hall–Kier alpha value is -0.670. The number of hydrogen-bond acceptors (Lipinski definition) is 5. The van der Waals surface area contributed by atoms with Crippen molar-refractivity contribution in [1.82, 2.24) is 0 Å². The van der Waals surface area contributed by atoms with Crippen molar-refractivity contribution in [2.45, 2.75) is 45.3 Å². The third-order valence-corrected chi connectivity index (χ3v) is 2.96. The quantitative estimate of drug-likeness (QED) is 0.590. The lowest BCUT2D eigenvalue weighted by Crippen LogP contribution is -2.27. The van der Waals surface area contributed by atoms with Gasteiger partial charge in [0.25, 0.3) is 0 Å². The maximum atomic E-state index is 11.5. The van der Waals surface area contributed by atoms with Crippen molar-refractivity contribution in [3.8, 4) is 0 Å². The van der Waals surface area contributed by atoms with Crippen LogP contribution in [-0.4, -0.2) is 48.1 Å². The van der Waals surface area contributed by atoms with Gasteiger partial charge in [0.05, 0.1) is 25.8 Å². The Labute approximate surface area is 108 Å². The van der Waals surface area contributed by atoms with Crippen LogP contribution in [-0.2, 0) is 18.9 Å². The largest absolute Gasteiger partial charge is 0.460 e. The van der Waals surface area contributed by atoms with Crippen LogP contribution < -0.4 is 0 Å². The molecule has 0 amide bonds. The predicted octanol–water partition coefficient (Wildman–Crippen LogP) is 1.66. The molecule has 0 radical (unpaired) electrons. The van der Waals surface area contributed by atoms with Crippen molar-refractivity contribution in [3.05, 3.63) is 0 Å². The maximum absolute atomic E-state index is 11.5. The van der Waals surface area contributed by atoms with Crippen LogP contribution in [0.15, 0.2) is 0 Å². The number of carbonyl (C=O) groups is 2. The molecule has 0 heterocycles. The normalized spacial score (nSPS) is 14.1. The van der Waals surface area contributed by atoms with Crippen LogP contribution in [0.25, 0.3) is 0 Å². The van der Waals surface area contributed by atoms with Gasteiger partial charge in [0.2, 0.25) is 0 Å². The van der Waals surface area contributed by atoms with Crippen LogP contribution >= 0.6 is 7.14 Å². The Morgan fingerprint density at radius 2 is 1.72 bits per heavy atom. The van der Waals surface area contributed by atoms with Crippen LogP contribution in [0.3, 0.4) is 0 Å². The Morgan fingerprint density at radius 1 is 1.22 bits per heavy atom. The van der Waals surface area contributed by atoms with E-state index in [-0.39, 0.29) is 24.8 Å². The number of hydrogen-bond donors (Lipinski definition) is 1. The highest BCUT2D eigenvalue weighted by molar-refractivity contribution is 7.63. The van der Waals surface area contributed by atoms with Crippen molar-refractivity contribution in [1.29, 1.82) is 0 Å². The molecule has 106 valence electrons. The topological polar surface area (TPSA) is 80.7 Å². The molecule has 0 aliphatic heterocycles. The fourth-order valence-corrected chi connectivity index (χ4v) is 2.38. The fraction of sp³-hybridized carbons (Fsp3) is 0.833. The summed E-state index contributed by atoms with van der Waals surface area (Å²) in [5.41, 5.74) is -0.608. The lowest BCUT2D eigenvalue weighted by Gasteiger charge is -2.20. The van der Waals surface area contributed by atoms with Gasteiger partial charge in [-0.05, 0) is 34.1 Å². The van der Waals surface area contributed by atoms with Crippen molar-refractivity contribution >= 4 is 18.9 Å². The number of Topliss-reactive ketones (excluding diaryl/α,β-unsaturated/α-hetero) is 1. The van der Waals surface area contributed by atoms with Crippen molar-refractivity contribution in [2.24, 2.45) is 0 Å². The summed E-state index contributed by atoms with van der Waals surface area (Å²) in [6.45, 7) is 8.23. The number of ketones is 1. The molecule has 0 spiro atoms. The summed E-state index contributed by atoms with van der Waals surface area (Å²) in [4.78, 5) is 22.8. The molecule has 0 aromatic rings. The molecule has 0 bridgehead atoms. The molecule has 0 aromatic heterocycles. The number of aliphatic hydroxyl groups is 1. The molecule has 5 nitrogen and oxygen atoms in total. The summed E-state index contributed by atoms with van der Waals surface area (Å²) in [5, 5.41) is 9.57. The van der Waals surface area contributed by atoms with Gasteiger partial charge in [-0.2, -0.15) is 0 Å². The SMILES string of the molecule is CC(C)(C)OC(=O)C[C@H](O)CC(=O)CP(C)(C)=O. The van der Waals surface area contributed by atoms with Crippen molar-refractivity contribution in [3.63, 3.8) is 0 Å². The Kier molecular flexibility index (Phi) is 6.24. The molecular weight excluding hydrogens is 255 g/mol. The summed E-state index contributed by atoms with van der Waals surface area (Å²) in [6.07, 6.45) is -1.50. The van der Waals surface area contributed by atoms with Gasteiger partial charge in [-0.1, -0.05) is 0 Å². The molecular formula is C12H23O5P. The Balaban J connectivity index is 4.12. The van der Waals surface area contributed by atoms with Gasteiger partial charge in [0.15, 0.2) is 0 Å². The molecule has 0 saturated heterocycles. The number of ether oxygens (including phenoxy) is 1. The second-order valence-electron chi connectivity index (χ2n) is 5.92. The van der Waals surface area contributed by atoms with E-state index in [0.29, 0.717) is 0 Å². The second-order valence-corrected chi connectivity index (χ2v) is 9.38. The molecule has 1 atom stereocenters. The molecule has 0 aliphatic rings. The lowest BCUT2D eigenvalue weighted by atomic mass is 10.1. The van der Waals surface area contributed by atoms with Crippen molar-refractivity contribution < 1.29 is 24.0 Å². The average molecular weight is 278 g/mol. The lowest BCUT2D eigenvalue weighted by molar-refractivity contribution is -0.157. The third kappa shape index (κ3) is 10.5. The molecule has 0 unspecified atom stereocenters. The minimum Gasteiger partial charge on any atom is -0.460 e. The fourth-order valence-electron chi connectivity index (χ4n) is 1.40. The van der Waals surface area contributed by atoms with Gasteiger partial charge < -0.3 is 14.4 Å². The van der Waals surface area contributed by atoms with Crippen LogP contribution in [0.2, 0.25) is 0 Å². The minimum absolute atomic E-state index is 0.0433. The van der Waals surface area contributed by atoms with E-state index in [1.165, 1.54) is 13.3 Å². The van der Waals surface area contributed by atoms with E-state index in [1.54, 1.807) is 20.8 Å². The number of esters is 1. The average Bonchev–Trinajstić information content (AvgIpc) is 1.92. The van der Waals surface area contributed by atoms with Gasteiger partial charge >= 0.3 is 5.97 Å². The Morgan fingerprint density at radius 3 is 2.11 bits per heavy atom. The van der Waals surface area contributed by atoms with Crippen LogP contribution in [0.4, 0.5) is 0 Å². The molecule has 0 aliphatic carbocycles.